The number of nitrogens with one attached hydrogen (secondary N) is 1. The quantitative estimate of drug-likeness (QED) is 0.0321. The molecule has 0 aliphatic carbocycles. The zero-order valence-corrected chi connectivity index (χ0v) is 41.8. The van der Waals surface area contributed by atoms with Crippen molar-refractivity contribution >= 4 is 11.9 Å². The predicted octanol–water partition coefficient (Wildman–Crippen LogP) is 16.6. The van der Waals surface area contributed by atoms with Gasteiger partial charge in [0.1, 0.15) is 0 Å². The molecule has 0 heterocycles. The van der Waals surface area contributed by atoms with E-state index in [1.807, 2.05) is 6.08 Å². The number of carbonyl (C=O) groups excluding carboxylic acids is 2. The second-order valence-corrected chi connectivity index (χ2v) is 18.5. The maximum Gasteiger partial charge on any atom is 0.305 e. The number of aliphatic hydroxyl groups is 2. The topological polar surface area (TPSA) is 95.9 Å². The fourth-order valence-electron chi connectivity index (χ4n) is 8.06. The minimum Gasteiger partial charge on any atom is -0.466 e. The van der Waals surface area contributed by atoms with Gasteiger partial charge in [0.05, 0.1) is 25.4 Å². The number of amides is 1. The summed E-state index contributed by atoms with van der Waals surface area (Å²) in [6.07, 6.45) is 65.4. The van der Waals surface area contributed by atoms with E-state index in [0.717, 1.165) is 70.6 Å². The summed E-state index contributed by atoms with van der Waals surface area (Å²) in [4.78, 5) is 24.5. The van der Waals surface area contributed by atoms with E-state index in [4.69, 9.17) is 4.74 Å². The van der Waals surface area contributed by atoms with Gasteiger partial charge in [-0.05, 0) is 83.5 Å². The normalized spacial score (nSPS) is 13.0. The van der Waals surface area contributed by atoms with Gasteiger partial charge >= 0.3 is 5.97 Å². The molecule has 6 heteroatoms. The smallest absolute Gasteiger partial charge is 0.305 e. The number of rotatable bonds is 50. The monoisotopic (exact) mass is 884 g/mol. The highest BCUT2D eigenvalue weighted by atomic mass is 16.5. The maximum atomic E-state index is 12.4. The molecular formula is C57H105NO5. The predicted molar refractivity (Wildman–Crippen MR) is 273 cm³/mol. The minimum atomic E-state index is -0.856. The van der Waals surface area contributed by atoms with Crippen LogP contribution in [0.4, 0.5) is 0 Å². The van der Waals surface area contributed by atoms with Crippen LogP contribution in [-0.4, -0.2) is 47.4 Å². The zero-order valence-electron chi connectivity index (χ0n) is 41.8. The first kappa shape index (κ1) is 60.8. The fourth-order valence-corrected chi connectivity index (χ4v) is 8.06. The van der Waals surface area contributed by atoms with Gasteiger partial charge in [0.15, 0.2) is 0 Å². The summed E-state index contributed by atoms with van der Waals surface area (Å²) >= 11 is 0. The van der Waals surface area contributed by atoms with Gasteiger partial charge in [-0.1, -0.05) is 229 Å². The van der Waals surface area contributed by atoms with Gasteiger partial charge in [-0.2, -0.15) is 0 Å². The third kappa shape index (κ3) is 49.1. The van der Waals surface area contributed by atoms with Crippen LogP contribution in [0.5, 0.6) is 0 Å². The Balaban J connectivity index is 3.52. The Hall–Kier alpha value is -2.18. The van der Waals surface area contributed by atoms with E-state index in [1.54, 1.807) is 6.08 Å². The van der Waals surface area contributed by atoms with Crippen LogP contribution in [0.3, 0.4) is 0 Å². The molecule has 0 saturated heterocycles. The molecule has 1 amide bonds. The molecule has 0 saturated carbocycles. The molecule has 3 N–H and O–H groups in total. The number of allylic oxidation sites excluding steroid dienone is 7. The molecule has 0 radical (unpaired) electrons. The summed E-state index contributed by atoms with van der Waals surface area (Å²) in [5.41, 5.74) is 0. The summed E-state index contributed by atoms with van der Waals surface area (Å²) in [5, 5.41) is 23.1. The van der Waals surface area contributed by atoms with Crippen LogP contribution >= 0.6 is 0 Å². The molecule has 2 unspecified atom stereocenters. The summed E-state index contributed by atoms with van der Waals surface area (Å²) in [6.45, 7) is 4.83. The number of esters is 1. The van der Waals surface area contributed by atoms with Crippen molar-refractivity contribution in [3.63, 3.8) is 0 Å². The summed E-state index contributed by atoms with van der Waals surface area (Å²) < 4.78 is 5.45. The van der Waals surface area contributed by atoms with E-state index in [2.05, 4.69) is 55.6 Å². The zero-order chi connectivity index (χ0) is 45.8. The molecule has 0 bridgehead atoms. The van der Waals surface area contributed by atoms with Gasteiger partial charge in [0, 0.05) is 12.8 Å². The van der Waals surface area contributed by atoms with E-state index >= 15 is 0 Å². The average molecular weight is 884 g/mol. The van der Waals surface area contributed by atoms with Crippen LogP contribution in [0.25, 0.3) is 0 Å². The second-order valence-electron chi connectivity index (χ2n) is 18.5. The highest BCUT2D eigenvalue weighted by Gasteiger charge is 2.18. The molecular weight excluding hydrogens is 779 g/mol. The molecule has 368 valence electrons. The van der Waals surface area contributed by atoms with Crippen molar-refractivity contribution in [1.82, 2.24) is 5.32 Å². The van der Waals surface area contributed by atoms with Gasteiger partial charge in [0.25, 0.3) is 0 Å². The molecule has 0 aliphatic heterocycles. The average Bonchev–Trinajstić information content (AvgIpc) is 3.28. The molecule has 2 atom stereocenters. The highest BCUT2D eigenvalue weighted by molar-refractivity contribution is 5.76. The third-order valence-corrected chi connectivity index (χ3v) is 12.3. The molecule has 0 spiro atoms. The van der Waals surface area contributed by atoms with Crippen molar-refractivity contribution in [2.24, 2.45) is 0 Å². The molecule has 0 aromatic carbocycles. The molecule has 6 nitrogen and oxygen atoms in total. The number of carbonyl (C=O) groups is 2. The van der Waals surface area contributed by atoms with Gasteiger partial charge in [-0.25, -0.2) is 0 Å². The van der Waals surface area contributed by atoms with E-state index in [9.17, 15) is 19.8 Å². The van der Waals surface area contributed by atoms with E-state index in [1.165, 1.54) is 180 Å². The largest absolute Gasteiger partial charge is 0.466 e. The van der Waals surface area contributed by atoms with Gasteiger partial charge in [0.2, 0.25) is 5.91 Å². The molecule has 0 aromatic heterocycles. The number of ether oxygens (including phenoxy) is 1. The van der Waals surface area contributed by atoms with Crippen molar-refractivity contribution in [3.8, 4) is 0 Å². The first-order valence-electron chi connectivity index (χ1n) is 27.4. The molecule has 0 fully saturated rings. The number of hydrogen-bond acceptors (Lipinski definition) is 5. The van der Waals surface area contributed by atoms with Crippen LogP contribution < -0.4 is 5.32 Å². The van der Waals surface area contributed by atoms with Crippen LogP contribution in [0.1, 0.15) is 277 Å². The third-order valence-electron chi connectivity index (χ3n) is 12.3. The Kier molecular flexibility index (Phi) is 50.6. The first-order valence-corrected chi connectivity index (χ1v) is 27.4. The summed E-state index contributed by atoms with van der Waals surface area (Å²) in [6, 6.07) is -0.641. The number of hydrogen-bond donors (Lipinski definition) is 3. The summed E-state index contributed by atoms with van der Waals surface area (Å²) in [7, 11) is 0. The van der Waals surface area contributed by atoms with Crippen LogP contribution in [-0.2, 0) is 14.3 Å². The lowest BCUT2D eigenvalue weighted by Crippen LogP contribution is -2.45. The molecule has 0 aromatic rings. The van der Waals surface area contributed by atoms with E-state index in [-0.39, 0.29) is 18.5 Å². The Morgan fingerprint density at radius 3 is 1.27 bits per heavy atom. The Morgan fingerprint density at radius 1 is 0.444 bits per heavy atom. The standard InChI is InChI=1S/C57H105NO5/c1-3-5-7-9-11-13-15-17-19-22-25-29-33-37-41-45-49-55(60)54(53-59)58-56(61)50-46-42-38-34-30-26-23-20-21-24-28-32-36-40-44-48-52-63-57(62)51-47-43-39-35-31-27-18-16-14-12-10-8-6-4-2/h10,12,16,18,20,23,45,49,54-55,59-60H,3-9,11,13-15,17,19,21-22,24-44,46-48,50-53H2,1-2H3,(H,58,61)/b12-10-,18-16-,23-20-,49-45+. The lowest BCUT2D eigenvalue weighted by atomic mass is 10.0. The number of aliphatic hydroxyl groups excluding tert-OH is 2. The van der Waals surface area contributed by atoms with Crippen molar-refractivity contribution in [2.75, 3.05) is 13.2 Å². The van der Waals surface area contributed by atoms with E-state index < -0.39 is 12.1 Å². The van der Waals surface area contributed by atoms with Crippen molar-refractivity contribution in [2.45, 2.75) is 289 Å². The lowest BCUT2D eigenvalue weighted by molar-refractivity contribution is -0.143. The Labute approximate surface area is 391 Å². The van der Waals surface area contributed by atoms with Gasteiger partial charge in [-0.3, -0.25) is 9.59 Å². The molecule has 0 aliphatic rings. The minimum absolute atomic E-state index is 0.0192. The van der Waals surface area contributed by atoms with Crippen LogP contribution in [0, 0.1) is 0 Å². The van der Waals surface area contributed by atoms with E-state index in [0.29, 0.717) is 19.4 Å². The SMILES string of the molecule is CCCC/C=C\C/C=C\CCCCCCCC(=O)OCCCCCCCCC/C=C\CCCCCCCC(=O)NC(CO)C(O)/C=C/CCCCCCCCCCCCCCCC. The summed E-state index contributed by atoms with van der Waals surface area (Å²) in [5.74, 6) is -0.105. The highest BCUT2D eigenvalue weighted by Crippen LogP contribution is 2.15. The Morgan fingerprint density at radius 2 is 0.810 bits per heavy atom. The Bertz CT molecular complexity index is 1070. The first-order chi connectivity index (χ1) is 31.0. The number of unbranched alkanes of at least 4 members (excludes halogenated alkanes) is 33. The van der Waals surface area contributed by atoms with Crippen molar-refractivity contribution in [3.05, 3.63) is 48.6 Å². The molecule has 63 heavy (non-hydrogen) atoms. The van der Waals surface area contributed by atoms with Gasteiger partial charge < -0.3 is 20.3 Å². The molecule has 0 rings (SSSR count). The van der Waals surface area contributed by atoms with Crippen LogP contribution in [0.15, 0.2) is 48.6 Å². The van der Waals surface area contributed by atoms with Gasteiger partial charge in [-0.15, -0.1) is 0 Å². The fraction of sp³-hybridized carbons (Fsp3) is 0.825. The van der Waals surface area contributed by atoms with Crippen molar-refractivity contribution in [1.29, 1.82) is 0 Å². The van der Waals surface area contributed by atoms with Crippen molar-refractivity contribution < 1.29 is 24.5 Å². The lowest BCUT2D eigenvalue weighted by Gasteiger charge is -2.20. The maximum absolute atomic E-state index is 12.4. The second kappa shape index (κ2) is 52.4. The van der Waals surface area contributed by atoms with Crippen LogP contribution in [0.2, 0.25) is 0 Å².